The number of hydrogen-bond acceptors (Lipinski definition) is 0. The zero-order valence-corrected chi connectivity index (χ0v) is 28.9. The summed E-state index contributed by atoms with van der Waals surface area (Å²) in [4.78, 5) is 0. The van der Waals surface area contributed by atoms with Crippen LogP contribution in [0.15, 0.2) is 127 Å². The second kappa shape index (κ2) is 10.6. The van der Waals surface area contributed by atoms with Crippen molar-refractivity contribution in [2.75, 3.05) is 0 Å². The highest BCUT2D eigenvalue weighted by molar-refractivity contribution is 6.97. The van der Waals surface area contributed by atoms with Gasteiger partial charge in [0.1, 0.15) is 0 Å². The first-order chi connectivity index (χ1) is 23.3. The van der Waals surface area contributed by atoms with Crippen LogP contribution in [-0.4, -0.2) is 11.3 Å². The van der Waals surface area contributed by atoms with Crippen molar-refractivity contribution in [1.29, 1.82) is 0 Å². The minimum Gasteiger partial charge on any atom is -0.309 e. The van der Waals surface area contributed by atoms with Crippen molar-refractivity contribution in [2.45, 2.75) is 64.7 Å². The summed E-state index contributed by atoms with van der Waals surface area (Å²) in [5.74, 6) is 1.30. The van der Waals surface area contributed by atoms with Crippen LogP contribution >= 0.6 is 0 Å². The van der Waals surface area contributed by atoms with Gasteiger partial charge >= 0.3 is 0 Å². The molecule has 2 aliphatic heterocycles. The maximum Gasteiger partial charge on any atom is 0.242 e. The molecular formula is C46H42BN. The Hall–Kier alpha value is -4.82. The van der Waals surface area contributed by atoms with Crippen LogP contribution in [0, 0.1) is 0 Å². The molecule has 9 rings (SSSR count). The maximum atomic E-state index is 2.54. The highest BCUT2D eigenvalue weighted by atomic mass is 15.0. The van der Waals surface area contributed by atoms with Gasteiger partial charge in [0.15, 0.2) is 0 Å². The lowest BCUT2D eigenvalue weighted by Crippen LogP contribution is -2.63. The molecule has 2 aliphatic rings. The van der Waals surface area contributed by atoms with E-state index in [9.17, 15) is 0 Å². The van der Waals surface area contributed by atoms with Gasteiger partial charge in [-0.1, -0.05) is 173 Å². The molecule has 234 valence electrons. The Morgan fingerprint density at radius 1 is 0.500 bits per heavy atom. The summed E-state index contributed by atoms with van der Waals surface area (Å²) < 4.78 is 2.54. The van der Waals surface area contributed by atoms with Crippen LogP contribution in [0.25, 0.3) is 27.5 Å². The molecule has 0 unspecified atom stereocenters. The molecule has 1 nitrogen and oxygen atoms in total. The molecule has 3 heterocycles. The second-order valence-electron chi connectivity index (χ2n) is 15.0. The molecule has 0 fully saturated rings. The molecule has 0 aliphatic carbocycles. The minimum atomic E-state index is -0.460. The lowest BCUT2D eigenvalue weighted by Gasteiger charge is -2.48. The Morgan fingerprint density at radius 3 is 1.65 bits per heavy atom. The predicted molar refractivity (Wildman–Crippen MR) is 206 cm³/mol. The highest BCUT2D eigenvalue weighted by Gasteiger charge is 2.52. The highest BCUT2D eigenvalue weighted by Crippen LogP contribution is 2.54. The number of aromatic nitrogens is 1. The largest absolute Gasteiger partial charge is 0.309 e. The summed E-state index contributed by atoms with van der Waals surface area (Å²) >= 11 is 0. The van der Waals surface area contributed by atoms with Gasteiger partial charge in [-0.15, -0.1) is 0 Å². The monoisotopic (exact) mass is 619 g/mol. The Bertz CT molecular complexity index is 2330. The van der Waals surface area contributed by atoms with E-state index in [1.807, 2.05) is 0 Å². The van der Waals surface area contributed by atoms with E-state index < -0.39 is 5.41 Å². The standard InChI is InChI=1S/C46H42BN/c1-28(2)31-26-34(29(3)4)44(35(27-31)30(5)6)47-40-22-11-8-18-36(40)46(37-19-9-12-23-41(37)47)38-20-10-14-25-43(38)48-42-24-13-7-16-32(42)33-17-15-21-39(46)45(33)48/h7-30H,1-6H3. The number of para-hydroxylation sites is 3. The third kappa shape index (κ3) is 3.75. The quantitative estimate of drug-likeness (QED) is 0.173. The Labute approximate surface area is 285 Å². The molecule has 0 saturated carbocycles. The van der Waals surface area contributed by atoms with Gasteiger partial charge in [-0.2, -0.15) is 0 Å². The van der Waals surface area contributed by atoms with Gasteiger partial charge in [0.05, 0.1) is 22.1 Å². The van der Waals surface area contributed by atoms with Gasteiger partial charge in [-0.05, 0) is 68.8 Å². The summed E-state index contributed by atoms with van der Waals surface area (Å²) in [6.07, 6.45) is 0. The van der Waals surface area contributed by atoms with Crippen LogP contribution in [0.5, 0.6) is 0 Å². The van der Waals surface area contributed by atoms with Gasteiger partial charge in [-0.3, -0.25) is 0 Å². The average molecular weight is 620 g/mol. The lowest BCUT2D eigenvalue weighted by molar-refractivity contribution is 0.733. The summed E-state index contributed by atoms with van der Waals surface area (Å²) in [6, 6.07) is 49.1. The third-order valence-corrected chi connectivity index (χ3v) is 11.5. The molecule has 0 N–H and O–H groups in total. The molecule has 0 atom stereocenters. The number of rotatable bonds is 4. The SMILES string of the molecule is CC(C)c1cc(C(C)C)c(B2c3ccccc3C3(c4ccccc42)c2ccccc2-n2c4ccccc4c4cccc3c42)c(C(C)C)c1. The molecule has 0 saturated heterocycles. The van der Waals surface area contributed by atoms with Gasteiger partial charge in [0, 0.05) is 10.8 Å². The van der Waals surface area contributed by atoms with Crippen molar-refractivity contribution in [3.63, 3.8) is 0 Å². The molecule has 1 aromatic heterocycles. The smallest absolute Gasteiger partial charge is 0.242 e. The molecule has 7 aromatic rings. The minimum absolute atomic E-state index is 0.137. The fourth-order valence-electron chi connectivity index (χ4n) is 9.43. The van der Waals surface area contributed by atoms with Crippen molar-refractivity contribution in [3.05, 3.63) is 166 Å². The molecule has 48 heavy (non-hydrogen) atoms. The van der Waals surface area contributed by atoms with Crippen molar-refractivity contribution >= 4 is 44.9 Å². The summed E-state index contributed by atoms with van der Waals surface area (Å²) in [6.45, 7) is 14.3. The topological polar surface area (TPSA) is 4.93 Å². The zero-order chi connectivity index (χ0) is 32.9. The van der Waals surface area contributed by atoms with Crippen molar-refractivity contribution in [2.24, 2.45) is 0 Å². The van der Waals surface area contributed by atoms with E-state index >= 15 is 0 Å². The van der Waals surface area contributed by atoms with Gasteiger partial charge < -0.3 is 4.57 Å². The van der Waals surface area contributed by atoms with Crippen molar-refractivity contribution < 1.29 is 0 Å². The first-order valence-corrected chi connectivity index (χ1v) is 17.8. The van der Waals surface area contributed by atoms with E-state index in [-0.39, 0.29) is 6.71 Å². The lowest BCUT2D eigenvalue weighted by atomic mass is 9.29. The van der Waals surface area contributed by atoms with Crippen LogP contribution in [0.2, 0.25) is 0 Å². The first-order valence-electron chi connectivity index (χ1n) is 17.8. The summed E-state index contributed by atoms with van der Waals surface area (Å²) in [5.41, 5.74) is 17.7. The molecule has 1 spiro atoms. The number of benzene rings is 6. The Balaban J connectivity index is 1.46. The van der Waals surface area contributed by atoms with E-state index in [1.54, 1.807) is 0 Å². The fourth-order valence-corrected chi connectivity index (χ4v) is 9.43. The Morgan fingerprint density at radius 2 is 1.02 bits per heavy atom. The van der Waals surface area contributed by atoms with Gasteiger partial charge in [-0.25, -0.2) is 0 Å². The number of hydrogen-bond donors (Lipinski definition) is 0. The van der Waals surface area contributed by atoms with Crippen molar-refractivity contribution in [1.82, 2.24) is 4.57 Å². The van der Waals surface area contributed by atoms with Gasteiger partial charge in [0.2, 0.25) is 6.71 Å². The number of nitrogens with zero attached hydrogens (tertiary/aromatic N) is 1. The molecular weight excluding hydrogens is 577 g/mol. The van der Waals surface area contributed by atoms with Crippen molar-refractivity contribution in [3.8, 4) is 5.69 Å². The van der Waals surface area contributed by atoms with E-state index in [0.717, 1.165) is 0 Å². The van der Waals surface area contributed by atoms with Crippen LogP contribution in [-0.2, 0) is 5.41 Å². The van der Waals surface area contributed by atoms with E-state index in [2.05, 4.69) is 174 Å². The molecule has 0 bridgehead atoms. The van der Waals surface area contributed by atoms with Crippen LogP contribution < -0.4 is 16.4 Å². The second-order valence-corrected chi connectivity index (χ2v) is 15.0. The zero-order valence-electron chi connectivity index (χ0n) is 28.9. The van der Waals surface area contributed by atoms with E-state index in [4.69, 9.17) is 0 Å². The Kier molecular flexibility index (Phi) is 6.47. The molecule has 0 radical (unpaired) electrons. The normalized spacial score (nSPS) is 14.3. The predicted octanol–water partition coefficient (Wildman–Crippen LogP) is 9.68. The summed E-state index contributed by atoms with van der Waals surface area (Å²) in [5, 5.41) is 2.63. The molecule has 0 amide bonds. The van der Waals surface area contributed by atoms with Crippen LogP contribution in [0.3, 0.4) is 0 Å². The van der Waals surface area contributed by atoms with Gasteiger partial charge in [0.25, 0.3) is 0 Å². The average Bonchev–Trinajstić information content (AvgIpc) is 3.45. The fraction of sp³-hybridized carbons (Fsp3) is 0.217. The van der Waals surface area contributed by atoms with E-state index in [0.29, 0.717) is 17.8 Å². The number of fused-ring (bicyclic) bond motifs is 11. The first kappa shape index (κ1) is 29.3. The molecule has 2 heteroatoms. The van der Waals surface area contributed by atoms with E-state index in [1.165, 1.54) is 82.8 Å². The molecule has 6 aromatic carbocycles. The third-order valence-electron chi connectivity index (χ3n) is 11.5. The van der Waals surface area contributed by atoms with Crippen LogP contribution in [0.1, 0.15) is 98.2 Å². The maximum absolute atomic E-state index is 2.54. The summed E-state index contributed by atoms with van der Waals surface area (Å²) in [7, 11) is 0. The van der Waals surface area contributed by atoms with Crippen LogP contribution in [0.4, 0.5) is 0 Å².